The van der Waals surface area contributed by atoms with Gasteiger partial charge in [0.2, 0.25) is 5.88 Å². The lowest BCUT2D eigenvalue weighted by atomic mass is 9.85. The average molecular weight is 356 g/mol. The number of hydrogen-bond acceptors (Lipinski definition) is 6. The monoisotopic (exact) mass is 356 g/mol. The van der Waals surface area contributed by atoms with Gasteiger partial charge in [-0.25, -0.2) is 9.97 Å². The number of anilines is 2. The third-order valence-corrected chi connectivity index (χ3v) is 4.49. The van der Waals surface area contributed by atoms with Crippen LogP contribution in [0.15, 0.2) is 30.6 Å². The van der Waals surface area contributed by atoms with Gasteiger partial charge in [0.15, 0.2) is 0 Å². The SMILES string of the molecule is C[C@@H]1CN(c2ccc(C(C)(C)C(=O)O)cc2)C(=O)c2c(N)ncnc2O1. The summed E-state index contributed by atoms with van der Waals surface area (Å²) in [6.45, 7) is 5.39. The van der Waals surface area contributed by atoms with Crippen LogP contribution in [-0.4, -0.2) is 39.6 Å². The van der Waals surface area contributed by atoms with E-state index in [9.17, 15) is 14.7 Å². The number of nitrogen functional groups attached to an aromatic ring is 1. The maximum atomic E-state index is 13.0. The number of hydrogen-bond donors (Lipinski definition) is 2. The summed E-state index contributed by atoms with van der Waals surface area (Å²) in [4.78, 5) is 33.8. The van der Waals surface area contributed by atoms with E-state index in [4.69, 9.17) is 10.5 Å². The van der Waals surface area contributed by atoms with Crippen molar-refractivity contribution >= 4 is 23.4 Å². The zero-order valence-corrected chi connectivity index (χ0v) is 14.8. The van der Waals surface area contributed by atoms with E-state index < -0.39 is 11.4 Å². The maximum absolute atomic E-state index is 13.0. The number of nitrogens with two attached hydrogens (primary N) is 1. The van der Waals surface area contributed by atoms with E-state index in [2.05, 4.69) is 9.97 Å². The predicted octanol–water partition coefficient (Wildman–Crippen LogP) is 1.85. The van der Waals surface area contributed by atoms with Crippen molar-refractivity contribution in [2.24, 2.45) is 0 Å². The first kappa shape index (κ1) is 17.7. The van der Waals surface area contributed by atoms with E-state index in [0.717, 1.165) is 0 Å². The van der Waals surface area contributed by atoms with Gasteiger partial charge in [-0.05, 0) is 38.5 Å². The van der Waals surface area contributed by atoms with Crippen LogP contribution < -0.4 is 15.4 Å². The molecule has 0 aliphatic carbocycles. The van der Waals surface area contributed by atoms with Gasteiger partial charge in [0.25, 0.3) is 5.91 Å². The van der Waals surface area contributed by atoms with Gasteiger partial charge in [-0.1, -0.05) is 12.1 Å². The largest absolute Gasteiger partial charge is 0.481 e. The Labute approximate surface area is 150 Å². The summed E-state index contributed by atoms with van der Waals surface area (Å²) in [5, 5.41) is 9.36. The standard InChI is InChI=1S/C18H20N4O4/c1-10-8-22(16(23)13-14(19)20-9-21-15(13)26-10)12-6-4-11(5-7-12)18(2,3)17(24)25/h4-7,9-10H,8H2,1-3H3,(H,24,25)(H2,19,20,21)/t10-/m1/s1. The number of aromatic nitrogens is 2. The van der Waals surface area contributed by atoms with Crippen LogP contribution in [-0.2, 0) is 10.2 Å². The molecule has 0 unspecified atom stereocenters. The lowest BCUT2D eigenvalue weighted by molar-refractivity contribution is -0.142. The molecule has 136 valence electrons. The molecule has 2 aromatic rings. The molecular formula is C18H20N4O4. The fraction of sp³-hybridized carbons (Fsp3) is 0.333. The van der Waals surface area contributed by atoms with Crippen molar-refractivity contribution in [3.8, 4) is 5.88 Å². The molecule has 8 heteroatoms. The van der Waals surface area contributed by atoms with E-state index in [0.29, 0.717) is 17.8 Å². The number of carboxylic acids is 1. The molecule has 0 saturated heterocycles. The van der Waals surface area contributed by atoms with Crippen LogP contribution >= 0.6 is 0 Å². The summed E-state index contributed by atoms with van der Waals surface area (Å²) in [5.74, 6) is -1.05. The molecule has 0 saturated carbocycles. The van der Waals surface area contributed by atoms with E-state index in [1.807, 2.05) is 6.92 Å². The number of rotatable bonds is 3. The molecule has 1 atom stereocenters. The van der Waals surface area contributed by atoms with Crippen molar-refractivity contribution in [3.05, 3.63) is 41.7 Å². The quantitative estimate of drug-likeness (QED) is 0.861. The molecule has 1 aliphatic heterocycles. The summed E-state index contributed by atoms with van der Waals surface area (Å²) in [6.07, 6.45) is 0.955. The Hall–Kier alpha value is -3.16. The third kappa shape index (κ3) is 2.94. The second kappa shape index (κ2) is 6.29. The van der Waals surface area contributed by atoms with Crippen molar-refractivity contribution in [1.82, 2.24) is 9.97 Å². The van der Waals surface area contributed by atoms with Crippen molar-refractivity contribution in [2.75, 3.05) is 17.2 Å². The first-order valence-electron chi connectivity index (χ1n) is 8.14. The number of benzene rings is 1. The number of carbonyl (C=O) groups is 2. The summed E-state index contributed by atoms with van der Waals surface area (Å²) in [7, 11) is 0. The molecule has 8 nitrogen and oxygen atoms in total. The van der Waals surface area contributed by atoms with Gasteiger partial charge in [0, 0.05) is 5.69 Å². The van der Waals surface area contributed by atoms with Crippen LogP contribution in [0.4, 0.5) is 11.5 Å². The molecule has 0 radical (unpaired) electrons. The molecule has 1 aromatic carbocycles. The van der Waals surface area contributed by atoms with Crippen LogP contribution in [0.1, 0.15) is 36.7 Å². The minimum absolute atomic E-state index is 0.0581. The zero-order chi connectivity index (χ0) is 19.1. The molecule has 0 spiro atoms. The third-order valence-electron chi connectivity index (χ3n) is 4.49. The van der Waals surface area contributed by atoms with Gasteiger partial charge in [-0.3, -0.25) is 9.59 Å². The Bertz CT molecular complexity index is 864. The lowest BCUT2D eigenvalue weighted by Crippen LogP contribution is -2.36. The normalized spacial score (nSPS) is 17.3. The molecule has 0 bridgehead atoms. The summed E-state index contributed by atoms with van der Waals surface area (Å²) in [6, 6.07) is 6.85. The molecule has 1 aromatic heterocycles. The number of aliphatic carboxylic acids is 1. The van der Waals surface area contributed by atoms with Crippen LogP contribution in [0.2, 0.25) is 0 Å². The summed E-state index contributed by atoms with van der Waals surface area (Å²) < 4.78 is 5.70. The highest BCUT2D eigenvalue weighted by Crippen LogP contribution is 2.31. The van der Waals surface area contributed by atoms with Crippen LogP contribution in [0.5, 0.6) is 5.88 Å². The minimum atomic E-state index is -1.03. The van der Waals surface area contributed by atoms with Crippen molar-refractivity contribution in [1.29, 1.82) is 0 Å². The smallest absolute Gasteiger partial charge is 0.313 e. The Morgan fingerprint density at radius 3 is 2.58 bits per heavy atom. The number of ether oxygens (including phenoxy) is 1. The Morgan fingerprint density at radius 1 is 1.31 bits per heavy atom. The van der Waals surface area contributed by atoms with Gasteiger partial charge in [-0.15, -0.1) is 0 Å². The van der Waals surface area contributed by atoms with Crippen molar-refractivity contribution in [2.45, 2.75) is 32.3 Å². The van der Waals surface area contributed by atoms with Crippen molar-refractivity contribution < 1.29 is 19.4 Å². The number of amides is 1. The molecule has 1 amide bonds. The zero-order valence-electron chi connectivity index (χ0n) is 14.8. The van der Waals surface area contributed by atoms with E-state index in [1.165, 1.54) is 11.2 Å². The summed E-state index contributed by atoms with van der Waals surface area (Å²) >= 11 is 0. The second-order valence-corrected chi connectivity index (χ2v) is 6.76. The van der Waals surface area contributed by atoms with Gasteiger partial charge >= 0.3 is 5.97 Å². The van der Waals surface area contributed by atoms with E-state index in [-0.39, 0.29) is 29.3 Å². The predicted molar refractivity (Wildman–Crippen MR) is 95.3 cm³/mol. The van der Waals surface area contributed by atoms with Crippen molar-refractivity contribution in [3.63, 3.8) is 0 Å². The second-order valence-electron chi connectivity index (χ2n) is 6.76. The van der Waals surface area contributed by atoms with Crippen LogP contribution in [0.3, 0.4) is 0 Å². The fourth-order valence-electron chi connectivity index (χ4n) is 2.78. The lowest BCUT2D eigenvalue weighted by Gasteiger charge is -2.24. The molecule has 2 heterocycles. The van der Waals surface area contributed by atoms with Gasteiger partial charge in [-0.2, -0.15) is 0 Å². The van der Waals surface area contributed by atoms with E-state index >= 15 is 0 Å². The Kier molecular flexibility index (Phi) is 4.27. The number of fused-ring (bicyclic) bond motifs is 1. The van der Waals surface area contributed by atoms with Gasteiger partial charge < -0.3 is 20.5 Å². The average Bonchev–Trinajstić information content (AvgIpc) is 2.72. The van der Waals surface area contributed by atoms with E-state index in [1.54, 1.807) is 38.1 Å². The number of carboxylic acid groups (broad SMARTS) is 1. The highest BCUT2D eigenvalue weighted by Gasteiger charge is 2.33. The minimum Gasteiger partial charge on any atom is -0.481 e. The Balaban J connectivity index is 2.00. The van der Waals surface area contributed by atoms with Crippen LogP contribution in [0, 0.1) is 0 Å². The molecule has 26 heavy (non-hydrogen) atoms. The molecule has 1 aliphatic rings. The topological polar surface area (TPSA) is 119 Å². The van der Waals surface area contributed by atoms with Crippen LogP contribution in [0.25, 0.3) is 0 Å². The number of nitrogens with zero attached hydrogens (tertiary/aromatic N) is 3. The molecule has 3 rings (SSSR count). The fourth-order valence-corrected chi connectivity index (χ4v) is 2.78. The first-order chi connectivity index (χ1) is 12.2. The molecule has 0 fully saturated rings. The maximum Gasteiger partial charge on any atom is 0.313 e. The Morgan fingerprint density at radius 2 is 1.96 bits per heavy atom. The highest BCUT2D eigenvalue weighted by molar-refractivity contribution is 6.10. The number of carbonyl (C=O) groups excluding carboxylic acids is 1. The van der Waals surface area contributed by atoms with Gasteiger partial charge in [0.05, 0.1) is 12.0 Å². The highest BCUT2D eigenvalue weighted by atomic mass is 16.5. The molecular weight excluding hydrogens is 336 g/mol. The first-order valence-corrected chi connectivity index (χ1v) is 8.14. The summed E-state index contributed by atoms with van der Waals surface area (Å²) in [5.41, 5.74) is 6.22. The van der Waals surface area contributed by atoms with Gasteiger partial charge in [0.1, 0.15) is 23.8 Å². The molecule has 3 N–H and O–H groups in total.